The molecular weight excluding hydrogens is 275 g/mol. The van der Waals surface area contributed by atoms with Gasteiger partial charge < -0.3 is 20.4 Å². The Balaban J connectivity index is 2.15. The molecule has 0 fully saturated rings. The Labute approximate surface area is 121 Å². The van der Waals surface area contributed by atoms with E-state index < -0.39 is 5.82 Å². The molecule has 0 bridgehead atoms. The maximum absolute atomic E-state index is 13.6. The van der Waals surface area contributed by atoms with Crippen LogP contribution in [0.15, 0.2) is 47.6 Å². The molecule has 3 N–H and O–H groups in total. The molecule has 0 radical (unpaired) electrons. The molecule has 110 valence electrons. The van der Waals surface area contributed by atoms with Crippen LogP contribution in [0.2, 0.25) is 0 Å². The quantitative estimate of drug-likeness (QED) is 0.384. The molecule has 0 amide bonds. The predicted molar refractivity (Wildman–Crippen MR) is 76.2 cm³/mol. The average Bonchev–Trinajstić information content (AvgIpc) is 2.52. The van der Waals surface area contributed by atoms with Crippen LogP contribution in [-0.4, -0.2) is 18.2 Å². The molecule has 6 heteroatoms. The Kier molecular flexibility index (Phi) is 4.61. The number of hydrogen-bond acceptors (Lipinski definition) is 4. The Bertz CT molecular complexity index is 659. The van der Waals surface area contributed by atoms with Gasteiger partial charge in [-0.1, -0.05) is 23.4 Å². The first-order valence-corrected chi connectivity index (χ1v) is 6.18. The van der Waals surface area contributed by atoms with E-state index in [4.69, 9.17) is 20.4 Å². The van der Waals surface area contributed by atoms with Crippen LogP contribution < -0.4 is 15.2 Å². The molecular formula is C15H15FN2O3. The molecule has 0 unspecified atom stereocenters. The summed E-state index contributed by atoms with van der Waals surface area (Å²) in [5.74, 6) is 0.120. The molecule has 5 nitrogen and oxygen atoms in total. The van der Waals surface area contributed by atoms with E-state index in [0.29, 0.717) is 16.9 Å². The lowest BCUT2D eigenvalue weighted by Crippen LogP contribution is -2.14. The van der Waals surface area contributed by atoms with E-state index in [-0.39, 0.29) is 18.2 Å². The van der Waals surface area contributed by atoms with Crippen LogP contribution in [-0.2, 0) is 6.61 Å². The Hall–Kier alpha value is -2.76. The number of rotatable bonds is 5. The van der Waals surface area contributed by atoms with E-state index in [0.717, 1.165) is 0 Å². The summed E-state index contributed by atoms with van der Waals surface area (Å²) in [6.07, 6.45) is 0. The van der Waals surface area contributed by atoms with Crippen LogP contribution in [0.25, 0.3) is 0 Å². The van der Waals surface area contributed by atoms with Crippen molar-refractivity contribution >= 4 is 5.84 Å². The summed E-state index contributed by atoms with van der Waals surface area (Å²) in [7, 11) is 1.40. The standard InChI is InChI=1S/C15H15FN2O3/c1-20-14-7-6-10(8-12(14)16)9-21-13-5-3-2-4-11(13)15(17)18-19/h2-8,19H,9H2,1H3,(H2,17,18). The zero-order valence-electron chi connectivity index (χ0n) is 11.4. The van der Waals surface area contributed by atoms with Gasteiger partial charge in [-0.2, -0.15) is 0 Å². The molecule has 0 saturated heterocycles. The van der Waals surface area contributed by atoms with Crippen LogP contribution in [0.4, 0.5) is 4.39 Å². The molecule has 0 aliphatic heterocycles. The van der Waals surface area contributed by atoms with Gasteiger partial charge in [-0.25, -0.2) is 4.39 Å². The van der Waals surface area contributed by atoms with E-state index in [1.807, 2.05) is 0 Å². The number of halogens is 1. The number of nitrogens with zero attached hydrogens (tertiary/aromatic N) is 1. The number of benzene rings is 2. The Morgan fingerprint density at radius 3 is 2.67 bits per heavy atom. The summed E-state index contributed by atoms with van der Waals surface area (Å²) >= 11 is 0. The predicted octanol–water partition coefficient (Wildman–Crippen LogP) is 2.51. The zero-order chi connectivity index (χ0) is 15.2. The molecule has 2 aromatic carbocycles. The average molecular weight is 290 g/mol. The van der Waals surface area contributed by atoms with Gasteiger partial charge >= 0.3 is 0 Å². The van der Waals surface area contributed by atoms with Crippen molar-refractivity contribution in [1.82, 2.24) is 0 Å². The minimum Gasteiger partial charge on any atom is -0.494 e. The topological polar surface area (TPSA) is 77.1 Å². The number of oxime groups is 1. The number of amidine groups is 1. The van der Waals surface area contributed by atoms with Gasteiger partial charge in [-0.15, -0.1) is 0 Å². The second-order valence-electron chi connectivity index (χ2n) is 4.24. The fourth-order valence-electron chi connectivity index (χ4n) is 1.82. The fraction of sp³-hybridized carbons (Fsp3) is 0.133. The zero-order valence-corrected chi connectivity index (χ0v) is 11.4. The fourth-order valence-corrected chi connectivity index (χ4v) is 1.82. The van der Waals surface area contributed by atoms with E-state index in [1.165, 1.54) is 19.2 Å². The number of ether oxygens (including phenoxy) is 2. The summed E-state index contributed by atoms with van der Waals surface area (Å²) in [6.45, 7) is 0.149. The molecule has 0 aliphatic carbocycles. The highest BCUT2D eigenvalue weighted by molar-refractivity contribution is 5.99. The molecule has 0 atom stereocenters. The van der Waals surface area contributed by atoms with Crippen molar-refractivity contribution in [2.24, 2.45) is 10.9 Å². The molecule has 2 aromatic rings. The number of para-hydroxylation sites is 1. The van der Waals surface area contributed by atoms with Crippen molar-refractivity contribution in [2.75, 3.05) is 7.11 Å². The summed E-state index contributed by atoms with van der Waals surface area (Å²) in [4.78, 5) is 0. The van der Waals surface area contributed by atoms with E-state index in [2.05, 4.69) is 5.16 Å². The first kappa shape index (κ1) is 14.6. The van der Waals surface area contributed by atoms with Gasteiger partial charge in [0.1, 0.15) is 12.4 Å². The van der Waals surface area contributed by atoms with Gasteiger partial charge in [0.05, 0.1) is 12.7 Å². The summed E-state index contributed by atoms with van der Waals surface area (Å²) in [6, 6.07) is 11.4. The van der Waals surface area contributed by atoms with Crippen molar-refractivity contribution in [3.05, 3.63) is 59.4 Å². The molecule has 21 heavy (non-hydrogen) atoms. The van der Waals surface area contributed by atoms with Crippen molar-refractivity contribution in [3.63, 3.8) is 0 Å². The third-order valence-corrected chi connectivity index (χ3v) is 2.88. The van der Waals surface area contributed by atoms with E-state index in [1.54, 1.807) is 30.3 Å². The molecule has 0 spiro atoms. The monoisotopic (exact) mass is 290 g/mol. The van der Waals surface area contributed by atoms with Crippen molar-refractivity contribution in [2.45, 2.75) is 6.61 Å². The Morgan fingerprint density at radius 1 is 1.24 bits per heavy atom. The molecule has 2 rings (SSSR count). The van der Waals surface area contributed by atoms with E-state index >= 15 is 0 Å². The van der Waals surface area contributed by atoms with Gasteiger partial charge in [0.15, 0.2) is 17.4 Å². The van der Waals surface area contributed by atoms with Gasteiger partial charge in [-0.3, -0.25) is 0 Å². The summed E-state index contributed by atoms with van der Waals surface area (Å²) < 4.78 is 24.0. The first-order valence-electron chi connectivity index (χ1n) is 6.18. The summed E-state index contributed by atoms with van der Waals surface area (Å²) in [5.41, 5.74) is 6.68. The highest BCUT2D eigenvalue weighted by Crippen LogP contribution is 2.21. The van der Waals surface area contributed by atoms with Gasteiger partial charge in [0.2, 0.25) is 0 Å². The largest absolute Gasteiger partial charge is 0.494 e. The van der Waals surface area contributed by atoms with Gasteiger partial charge in [0, 0.05) is 0 Å². The maximum atomic E-state index is 13.6. The van der Waals surface area contributed by atoms with Crippen LogP contribution >= 0.6 is 0 Å². The lowest BCUT2D eigenvalue weighted by Gasteiger charge is -2.11. The summed E-state index contributed by atoms with van der Waals surface area (Å²) in [5, 5.41) is 11.7. The third kappa shape index (κ3) is 3.42. The first-order chi connectivity index (χ1) is 10.2. The lowest BCUT2D eigenvalue weighted by molar-refractivity contribution is 0.302. The molecule has 0 aliphatic rings. The van der Waals surface area contributed by atoms with Crippen molar-refractivity contribution in [3.8, 4) is 11.5 Å². The smallest absolute Gasteiger partial charge is 0.173 e. The highest BCUT2D eigenvalue weighted by atomic mass is 19.1. The van der Waals surface area contributed by atoms with Crippen molar-refractivity contribution in [1.29, 1.82) is 0 Å². The van der Waals surface area contributed by atoms with Crippen LogP contribution in [0.1, 0.15) is 11.1 Å². The van der Waals surface area contributed by atoms with E-state index in [9.17, 15) is 4.39 Å². The Morgan fingerprint density at radius 2 is 2.00 bits per heavy atom. The normalized spacial score (nSPS) is 11.2. The van der Waals surface area contributed by atoms with Crippen LogP contribution in [0, 0.1) is 5.82 Å². The second-order valence-corrected chi connectivity index (χ2v) is 4.24. The second kappa shape index (κ2) is 6.60. The van der Waals surface area contributed by atoms with Gasteiger partial charge in [0.25, 0.3) is 0 Å². The van der Waals surface area contributed by atoms with Crippen LogP contribution in [0.3, 0.4) is 0 Å². The van der Waals surface area contributed by atoms with Gasteiger partial charge in [-0.05, 0) is 29.8 Å². The van der Waals surface area contributed by atoms with Crippen LogP contribution in [0.5, 0.6) is 11.5 Å². The number of nitrogens with two attached hydrogens (primary N) is 1. The number of methoxy groups -OCH3 is 1. The third-order valence-electron chi connectivity index (χ3n) is 2.88. The maximum Gasteiger partial charge on any atom is 0.173 e. The number of hydrogen-bond donors (Lipinski definition) is 2. The minimum atomic E-state index is -0.455. The lowest BCUT2D eigenvalue weighted by atomic mass is 10.2. The highest BCUT2D eigenvalue weighted by Gasteiger charge is 2.09. The molecule has 0 heterocycles. The minimum absolute atomic E-state index is 0.0495. The van der Waals surface area contributed by atoms with Crippen molar-refractivity contribution < 1.29 is 19.1 Å². The molecule has 0 saturated carbocycles. The SMILES string of the molecule is COc1ccc(COc2ccccc2/C(N)=N/O)cc1F. The molecule has 0 aromatic heterocycles.